The summed E-state index contributed by atoms with van der Waals surface area (Å²) < 4.78 is 15.6. The number of esters is 1. The first-order chi connectivity index (χ1) is 13.0. The van der Waals surface area contributed by atoms with E-state index in [4.69, 9.17) is 14.2 Å². The molecule has 0 aliphatic heterocycles. The summed E-state index contributed by atoms with van der Waals surface area (Å²) in [5.41, 5.74) is 0. The van der Waals surface area contributed by atoms with E-state index >= 15 is 0 Å². The van der Waals surface area contributed by atoms with Crippen molar-refractivity contribution in [2.24, 2.45) is 5.92 Å². The number of carbonyl (C=O) groups excluding carboxylic acids is 2. The number of unbranched alkanes of at least 4 members (excludes halogenated alkanes) is 2. The van der Waals surface area contributed by atoms with Gasteiger partial charge in [0.25, 0.3) is 0 Å². The van der Waals surface area contributed by atoms with E-state index < -0.39 is 0 Å². The maximum absolute atomic E-state index is 12.6. The van der Waals surface area contributed by atoms with Crippen LogP contribution in [0.4, 0.5) is 0 Å². The standard InChI is InChI=1S/C21H33NO5/c1-5-6-7-14-22(16-17(2)21(24)26-4)20(23)9-8-15-27-19-12-10-18(25-3)11-13-19/h10-13,17H,5-9,14-16H2,1-4H3. The summed E-state index contributed by atoms with van der Waals surface area (Å²) in [5, 5.41) is 0. The zero-order valence-electron chi connectivity index (χ0n) is 17.0. The molecule has 0 fully saturated rings. The van der Waals surface area contributed by atoms with Crippen LogP contribution in [0.2, 0.25) is 0 Å². The first-order valence-corrected chi connectivity index (χ1v) is 9.64. The van der Waals surface area contributed by atoms with Crippen LogP contribution in [0.5, 0.6) is 11.5 Å². The topological polar surface area (TPSA) is 65.1 Å². The van der Waals surface area contributed by atoms with Crippen LogP contribution in [0.15, 0.2) is 24.3 Å². The molecule has 1 amide bonds. The largest absolute Gasteiger partial charge is 0.497 e. The third-order valence-electron chi connectivity index (χ3n) is 4.35. The second-order valence-corrected chi connectivity index (χ2v) is 6.60. The van der Waals surface area contributed by atoms with Crippen LogP contribution >= 0.6 is 0 Å². The number of hydrogen-bond donors (Lipinski definition) is 0. The molecule has 1 atom stereocenters. The Bertz CT molecular complexity index is 558. The highest BCUT2D eigenvalue weighted by atomic mass is 16.5. The predicted molar refractivity (Wildman–Crippen MR) is 105 cm³/mol. The fraction of sp³-hybridized carbons (Fsp3) is 0.619. The van der Waals surface area contributed by atoms with Crippen LogP contribution in [0.25, 0.3) is 0 Å². The van der Waals surface area contributed by atoms with Gasteiger partial charge in [-0.3, -0.25) is 9.59 Å². The van der Waals surface area contributed by atoms with E-state index in [-0.39, 0.29) is 17.8 Å². The quantitative estimate of drug-likeness (QED) is 0.386. The summed E-state index contributed by atoms with van der Waals surface area (Å²) in [6.07, 6.45) is 4.12. The number of benzene rings is 1. The molecule has 0 aromatic heterocycles. The monoisotopic (exact) mass is 379 g/mol. The average Bonchev–Trinajstić information content (AvgIpc) is 2.70. The molecule has 1 aromatic rings. The minimum atomic E-state index is -0.323. The molecule has 0 radical (unpaired) electrons. The highest BCUT2D eigenvalue weighted by Crippen LogP contribution is 2.17. The Labute approximate surface area is 162 Å². The maximum atomic E-state index is 12.6. The highest BCUT2D eigenvalue weighted by Gasteiger charge is 2.21. The van der Waals surface area contributed by atoms with Crippen LogP contribution in [0.3, 0.4) is 0 Å². The minimum Gasteiger partial charge on any atom is -0.497 e. The maximum Gasteiger partial charge on any atom is 0.310 e. The first-order valence-electron chi connectivity index (χ1n) is 9.64. The van der Waals surface area contributed by atoms with E-state index in [1.165, 1.54) is 7.11 Å². The normalized spacial score (nSPS) is 11.6. The lowest BCUT2D eigenvalue weighted by molar-refractivity contribution is -0.146. The van der Waals surface area contributed by atoms with Gasteiger partial charge in [-0.15, -0.1) is 0 Å². The van der Waals surface area contributed by atoms with Crippen molar-refractivity contribution in [2.45, 2.75) is 46.0 Å². The van der Waals surface area contributed by atoms with Crippen molar-refractivity contribution in [2.75, 3.05) is 33.9 Å². The molecule has 0 saturated heterocycles. The summed E-state index contributed by atoms with van der Waals surface area (Å²) in [5.74, 6) is 0.977. The molecule has 0 aliphatic carbocycles. The molecule has 0 heterocycles. The molecule has 27 heavy (non-hydrogen) atoms. The molecule has 6 heteroatoms. The van der Waals surface area contributed by atoms with E-state index in [0.717, 1.165) is 30.8 Å². The minimum absolute atomic E-state index is 0.0557. The lowest BCUT2D eigenvalue weighted by atomic mass is 10.1. The van der Waals surface area contributed by atoms with Crippen molar-refractivity contribution in [1.29, 1.82) is 0 Å². The highest BCUT2D eigenvalue weighted by molar-refractivity contribution is 5.78. The van der Waals surface area contributed by atoms with Gasteiger partial charge < -0.3 is 19.1 Å². The Morgan fingerprint density at radius 1 is 1.04 bits per heavy atom. The van der Waals surface area contributed by atoms with Crippen LogP contribution in [-0.2, 0) is 14.3 Å². The Kier molecular flexibility index (Phi) is 11.0. The van der Waals surface area contributed by atoms with E-state index in [1.54, 1.807) is 18.9 Å². The van der Waals surface area contributed by atoms with Gasteiger partial charge >= 0.3 is 5.97 Å². The molecule has 6 nitrogen and oxygen atoms in total. The number of amides is 1. The summed E-state index contributed by atoms with van der Waals surface area (Å²) in [6, 6.07) is 7.36. The van der Waals surface area contributed by atoms with Gasteiger partial charge in [0.2, 0.25) is 5.91 Å². The van der Waals surface area contributed by atoms with Crippen molar-refractivity contribution in [3.05, 3.63) is 24.3 Å². The fourth-order valence-corrected chi connectivity index (χ4v) is 2.72. The summed E-state index contributed by atoms with van der Waals surface area (Å²) in [6.45, 7) is 5.45. The number of carbonyl (C=O) groups is 2. The second-order valence-electron chi connectivity index (χ2n) is 6.60. The van der Waals surface area contributed by atoms with Crippen molar-refractivity contribution in [1.82, 2.24) is 4.90 Å². The van der Waals surface area contributed by atoms with Crippen LogP contribution in [0.1, 0.15) is 46.0 Å². The molecule has 152 valence electrons. The number of methoxy groups -OCH3 is 2. The SMILES string of the molecule is CCCCCN(CC(C)C(=O)OC)C(=O)CCCOc1ccc(OC)cc1. The van der Waals surface area contributed by atoms with Gasteiger partial charge in [-0.05, 0) is 37.1 Å². The Morgan fingerprint density at radius 3 is 2.30 bits per heavy atom. The zero-order chi connectivity index (χ0) is 20.1. The fourth-order valence-electron chi connectivity index (χ4n) is 2.72. The van der Waals surface area contributed by atoms with Gasteiger partial charge in [0, 0.05) is 19.5 Å². The van der Waals surface area contributed by atoms with Gasteiger partial charge in [-0.1, -0.05) is 26.7 Å². The van der Waals surface area contributed by atoms with Gasteiger partial charge in [0.15, 0.2) is 0 Å². The van der Waals surface area contributed by atoms with Gasteiger partial charge in [-0.25, -0.2) is 0 Å². The smallest absolute Gasteiger partial charge is 0.310 e. The molecule has 0 aliphatic rings. The molecular weight excluding hydrogens is 346 g/mol. The van der Waals surface area contributed by atoms with Gasteiger partial charge in [0.1, 0.15) is 11.5 Å². The number of nitrogens with zero attached hydrogens (tertiary/aromatic N) is 1. The summed E-state index contributed by atoms with van der Waals surface area (Å²) in [7, 11) is 2.99. The number of ether oxygens (including phenoxy) is 3. The van der Waals surface area contributed by atoms with E-state index in [1.807, 2.05) is 24.3 Å². The van der Waals surface area contributed by atoms with E-state index in [9.17, 15) is 9.59 Å². The van der Waals surface area contributed by atoms with Crippen LogP contribution in [-0.4, -0.2) is 50.7 Å². The molecule has 1 unspecified atom stereocenters. The first kappa shape index (κ1) is 22.8. The molecule has 1 aromatic carbocycles. The van der Waals surface area contributed by atoms with Crippen molar-refractivity contribution in [3.8, 4) is 11.5 Å². The Balaban J connectivity index is 2.44. The van der Waals surface area contributed by atoms with Crippen molar-refractivity contribution in [3.63, 3.8) is 0 Å². The number of rotatable bonds is 13. The average molecular weight is 379 g/mol. The summed E-state index contributed by atoms with van der Waals surface area (Å²) >= 11 is 0. The second kappa shape index (κ2) is 13.0. The molecule has 0 bridgehead atoms. The van der Waals surface area contributed by atoms with E-state index in [0.29, 0.717) is 32.5 Å². The van der Waals surface area contributed by atoms with Crippen molar-refractivity contribution >= 4 is 11.9 Å². The summed E-state index contributed by atoms with van der Waals surface area (Å²) in [4.78, 5) is 26.0. The Hall–Kier alpha value is -2.24. The molecular formula is C21H33NO5. The lowest BCUT2D eigenvalue weighted by Crippen LogP contribution is -2.38. The molecule has 0 N–H and O–H groups in total. The number of hydrogen-bond acceptors (Lipinski definition) is 5. The zero-order valence-corrected chi connectivity index (χ0v) is 17.0. The molecule has 0 saturated carbocycles. The van der Waals surface area contributed by atoms with Gasteiger partial charge in [0.05, 0.1) is 26.7 Å². The third kappa shape index (κ3) is 8.80. The third-order valence-corrected chi connectivity index (χ3v) is 4.35. The Morgan fingerprint density at radius 2 is 1.70 bits per heavy atom. The van der Waals surface area contributed by atoms with Gasteiger partial charge in [-0.2, -0.15) is 0 Å². The van der Waals surface area contributed by atoms with Crippen LogP contribution in [0, 0.1) is 5.92 Å². The molecule has 0 spiro atoms. The van der Waals surface area contributed by atoms with Crippen molar-refractivity contribution < 1.29 is 23.8 Å². The predicted octanol–water partition coefficient (Wildman–Crippen LogP) is 3.68. The van der Waals surface area contributed by atoms with Crippen LogP contribution < -0.4 is 9.47 Å². The lowest BCUT2D eigenvalue weighted by Gasteiger charge is -2.25. The van der Waals surface area contributed by atoms with E-state index in [2.05, 4.69) is 6.92 Å². The molecule has 1 rings (SSSR count).